The van der Waals surface area contributed by atoms with E-state index in [1.54, 1.807) is 14.2 Å². The minimum atomic E-state index is -0.959. The van der Waals surface area contributed by atoms with E-state index in [1.165, 1.54) is 12.4 Å². The Bertz CT molecular complexity index is 694. The fourth-order valence-electron chi connectivity index (χ4n) is 2.18. The number of aromatic nitrogens is 2. The first-order valence-electron chi connectivity index (χ1n) is 7.62. The molecule has 0 amide bonds. The zero-order valence-corrected chi connectivity index (χ0v) is 14.1. The molecule has 9 heteroatoms. The van der Waals surface area contributed by atoms with Gasteiger partial charge in [0.1, 0.15) is 12.0 Å². The van der Waals surface area contributed by atoms with E-state index in [-0.39, 0.29) is 0 Å². The van der Waals surface area contributed by atoms with Crippen LogP contribution in [0.1, 0.15) is 0 Å². The molecule has 0 spiro atoms. The minimum absolute atomic E-state index is 0.291. The number of methoxy groups -OCH3 is 2. The van der Waals surface area contributed by atoms with Crippen LogP contribution in [0.3, 0.4) is 0 Å². The fraction of sp³-hybridized carbons (Fsp3) is 0.375. The molecule has 3 N–H and O–H groups in total. The van der Waals surface area contributed by atoms with Crippen LogP contribution in [0.4, 0.5) is 31.8 Å². The van der Waals surface area contributed by atoms with Gasteiger partial charge < -0.3 is 25.4 Å². The maximum Gasteiger partial charge on any atom is 0.160 e. The second-order valence-corrected chi connectivity index (χ2v) is 5.19. The molecular formula is C16H21F2N5O2. The largest absolute Gasteiger partial charge is 0.393 e. The van der Waals surface area contributed by atoms with Gasteiger partial charge in [-0.15, -0.1) is 0 Å². The highest BCUT2D eigenvalue weighted by Crippen LogP contribution is 2.28. The molecule has 1 aromatic heterocycles. The Kier molecular flexibility index (Phi) is 6.84. The summed E-state index contributed by atoms with van der Waals surface area (Å²) in [7, 11) is 3.21. The van der Waals surface area contributed by atoms with E-state index in [0.717, 1.165) is 12.1 Å². The van der Waals surface area contributed by atoms with Crippen molar-refractivity contribution in [1.29, 1.82) is 0 Å². The van der Waals surface area contributed by atoms with Crippen molar-refractivity contribution in [1.82, 2.24) is 9.97 Å². The third kappa shape index (κ3) is 4.97. The van der Waals surface area contributed by atoms with Gasteiger partial charge in [-0.2, -0.15) is 0 Å². The third-order valence-electron chi connectivity index (χ3n) is 3.48. The van der Waals surface area contributed by atoms with Crippen molar-refractivity contribution in [3.63, 3.8) is 0 Å². The van der Waals surface area contributed by atoms with Crippen LogP contribution in [0, 0.1) is 11.6 Å². The molecule has 1 heterocycles. The molecule has 0 atom stereocenters. The summed E-state index contributed by atoms with van der Waals surface area (Å²) in [5.41, 5.74) is 6.79. The number of hydrogen-bond donors (Lipinski definition) is 2. The number of benzene rings is 1. The number of hydrogen-bond acceptors (Lipinski definition) is 7. The number of anilines is 4. The number of ether oxygens (including phenoxy) is 2. The Morgan fingerprint density at radius 3 is 2.36 bits per heavy atom. The second-order valence-electron chi connectivity index (χ2n) is 5.19. The minimum Gasteiger partial charge on any atom is -0.393 e. The summed E-state index contributed by atoms with van der Waals surface area (Å²) in [5, 5.41) is 2.88. The maximum absolute atomic E-state index is 13.4. The van der Waals surface area contributed by atoms with Crippen LogP contribution in [0.5, 0.6) is 0 Å². The standard InChI is InChI=1S/C16H21F2N5O2/c1-24-7-5-23(6-8-25-2)16-14(19)15(20-10-21-16)22-11-3-4-12(17)13(18)9-11/h3-4,9-10H,5-8,19H2,1-2H3,(H,20,21,22). The Balaban J connectivity index is 2.25. The van der Waals surface area contributed by atoms with E-state index >= 15 is 0 Å². The van der Waals surface area contributed by atoms with Gasteiger partial charge in [-0.25, -0.2) is 18.7 Å². The molecule has 136 valence electrons. The van der Waals surface area contributed by atoms with Gasteiger partial charge in [0.15, 0.2) is 23.3 Å². The maximum atomic E-state index is 13.4. The van der Waals surface area contributed by atoms with Crippen molar-refractivity contribution < 1.29 is 18.3 Å². The number of nitrogens with zero attached hydrogens (tertiary/aromatic N) is 3. The van der Waals surface area contributed by atoms with E-state index in [2.05, 4.69) is 15.3 Å². The van der Waals surface area contributed by atoms with Gasteiger partial charge in [0, 0.05) is 39.1 Å². The summed E-state index contributed by atoms with van der Waals surface area (Å²) < 4.78 is 36.6. The van der Waals surface area contributed by atoms with E-state index in [9.17, 15) is 8.78 Å². The summed E-state index contributed by atoms with van der Waals surface area (Å²) >= 11 is 0. The number of nitrogen functional groups attached to an aromatic ring is 1. The first-order valence-corrected chi connectivity index (χ1v) is 7.62. The van der Waals surface area contributed by atoms with Gasteiger partial charge in [-0.3, -0.25) is 0 Å². The first kappa shape index (κ1) is 18.8. The van der Waals surface area contributed by atoms with Crippen molar-refractivity contribution in [3.8, 4) is 0 Å². The van der Waals surface area contributed by atoms with Gasteiger partial charge in [-0.1, -0.05) is 0 Å². The van der Waals surface area contributed by atoms with Crippen molar-refractivity contribution in [2.75, 3.05) is 56.5 Å². The molecule has 1 aromatic carbocycles. The molecule has 0 aliphatic heterocycles. The number of nitrogens with one attached hydrogen (secondary N) is 1. The molecule has 0 unspecified atom stereocenters. The lowest BCUT2D eigenvalue weighted by Crippen LogP contribution is -2.32. The van der Waals surface area contributed by atoms with E-state index in [1.807, 2.05) is 4.90 Å². The van der Waals surface area contributed by atoms with Crippen LogP contribution >= 0.6 is 0 Å². The lowest BCUT2D eigenvalue weighted by Gasteiger charge is -2.25. The van der Waals surface area contributed by atoms with Gasteiger partial charge in [0.2, 0.25) is 0 Å². The van der Waals surface area contributed by atoms with Crippen molar-refractivity contribution in [3.05, 3.63) is 36.2 Å². The number of rotatable bonds is 9. The van der Waals surface area contributed by atoms with Gasteiger partial charge in [0.25, 0.3) is 0 Å². The van der Waals surface area contributed by atoms with Gasteiger partial charge in [-0.05, 0) is 12.1 Å². The topological polar surface area (TPSA) is 85.5 Å². The quantitative estimate of drug-likeness (QED) is 0.715. The van der Waals surface area contributed by atoms with Gasteiger partial charge >= 0.3 is 0 Å². The molecule has 0 saturated heterocycles. The van der Waals surface area contributed by atoms with Crippen LogP contribution in [0.15, 0.2) is 24.5 Å². The summed E-state index contributed by atoms with van der Waals surface area (Å²) in [6.45, 7) is 2.09. The Hall–Kier alpha value is -2.52. The van der Waals surface area contributed by atoms with Crippen LogP contribution in [-0.4, -0.2) is 50.5 Å². The smallest absolute Gasteiger partial charge is 0.160 e. The Labute approximate surface area is 144 Å². The zero-order valence-electron chi connectivity index (χ0n) is 14.1. The number of nitrogens with two attached hydrogens (primary N) is 1. The predicted octanol–water partition coefficient (Wildman–Crippen LogP) is 2.18. The van der Waals surface area contributed by atoms with E-state index in [4.69, 9.17) is 15.2 Å². The fourth-order valence-corrected chi connectivity index (χ4v) is 2.18. The SMILES string of the molecule is COCCN(CCOC)c1ncnc(Nc2ccc(F)c(F)c2)c1N. The highest BCUT2D eigenvalue weighted by Gasteiger charge is 2.15. The molecule has 7 nitrogen and oxygen atoms in total. The third-order valence-corrected chi connectivity index (χ3v) is 3.48. The predicted molar refractivity (Wildman–Crippen MR) is 92.1 cm³/mol. The molecule has 0 radical (unpaired) electrons. The lowest BCUT2D eigenvalue weighted by atomic mass is 10.3. The molecule has 0 saturated carbocycles. The van der Waals surface area contributed by atoms with E-state index in [0.29, 0.717) is 49.3 Å². The highest BCUT2D eigenvalue weighted by molar-refractivity contribution is 5.78. The summed E-state index contributed by atoms with van der Waals surface area (Å²) in [6.07, 6.45) is 1.35. The molecule has 2 rings (SSSR count). The van der Waals surface area contributed by atoms with Crippen molar-refractivity contribution in [2.24, 2.45) is 0 Å². The van der Waals surface area contributed by atoms with Gasteiger partial charge in [0.05, 0.1) is 13.2 Å². The second kappa shape index (κ2) is 9.09. The normalized spacial score (nSPS) is 10.7. The highest BCUT2D eigenvalue weighted by atomic mass is 19.2. The van der Waals surface area contributed by atoms with Crippen molar-refractivity contribution in [2.45, 2.75) is 0 Å². The van der Waals surface area contributed by atoms with E-state index < -0.39 is 11.6 Å². The Morgan fingerprint density at radius 2 is 1.76 bits per heavy atom. The summed E-state index contributed by atoms with van der Waals surface area (Å²) in [4.78, 5) is 10.2. The van der Waals surface area contributed by atoms with Crippen molar-refractivity contribution >= 4 is 23.0 Å². The molecule has 2 aromatic rings. The van der Waals surface area contributed by atoms with Crippen LogP contribution < -0.4 is 16.0 Å². The van der Waals surface area contributed by atoms with Crippen LogP contribution in [0.2, 0.25) is 0 Å². The summed E-state index contributed by atoms with van der Waals surface area (Å²) in [6, 6.07) is 3.46. The molecule has 0 bridgehead atoms. The lowest BCUT2D eigenvalue weighted by molar-refractivity contribution is 0.190. The zero-order chi connectivity index (χ0) is 18.2. The first-order chi connectivity index (χ1) is 12.1. The molecule has 0 fully saturated rings. The molecule has 0 aliphatic carbocycles. The number of halogens is 2. The molecular weight excluding hydrogens is 332 g/mol. The Morgan fingerprint density at radius 1 is 1.08 bits per heavy atom. The monoisotopic (exact) mass is 353 g/mol. The average Bonchev–Trinajstić information content (AvgIpc) is 2.60. The van der Waals surface area contributed by atoms with Crippen LogP contribution in [0.25, 0.3) is 0 Å². The summed E-state index contributed by atoms with van der Waals surface area (Å²) in [5.74, 6) is -1.07. The molecule has 25 heavy (non-hydrogen) atoms. The average molecular weight is 353 g/mol. The molecule has 0 aliphatic rings. The van der Waals surface area contributed by atoms with Crippen LogP contribution in [-0.2, 0) is 9.47 Å².